The summed E-state index contributed by atoms with van der Waals surface area (Å²) in [6.07, 6.45) is 0. The number of benzene rings is 2. The molecule has 108 valence electrons. The van der Waals surface area contributed by atoms with Gasteiger partial charge in [-0.15, -0.1) is 11.6 Å². The van der Waals surface area contributed by atoms with E-state index in [0.717, 1.165) is 0 Å². The fourth-order valence-corrected chi connectivity index (χ4v) is 2.64. The predicted molar refractivity (Wildman–Crippen MR) is 82.1 cm³/mol. The zero-order valence-electron chi connectivity index (χ0n) is 11.1. The minimum atomic E-state index is -0.342. The van der Waals surface area contributed by atoms with Gasteiger partial charge in [0.1, 0.15) is 17.4 Å². The molecule has 0 aliphatic heterocycles. The van der Waals surface area contributed by atoms with Crippen molar-refractivity contribution < 1.29 is 9.13 Å². The fraction of sp³-hybridized carbons (Fsp3) is 0.133. The highest BCUT2D eigenvalue weighted by Crippen LogP contribution is 2.31. The van der Waals surface area contributed by atoms with Crippen LogP contribution < -0.4 is 4.74 Å². The Morgan fingerprint density at radius 2 is 2.05 bits per heavy atom. The van der Waals surface area contributed by atoms with Crippen LogP contribution in [0.3, 0.4) is 0 Å². The zero-order valence-corrected chi connectivity index (χ0v) is 12.6. The highest BCUT2D eigenvalue weighted by molar-refractivity contribution is 6.30. The summed E-state index contributed by atoms with van der Waals surface area (Å²) in [6, 6.07) is 9.62. The molecule has 0 aliphatic carbocycles. The first-order valence-corrected chi connectivity index (χ1v) is 7.12. The Morgan fingerprint density at radius 3 is 2.76 bits per heavy atom. The van der Waals surface area contributed by atoms with Gasteiger partial charge in [0, 0.05) is 11.1 Å². The summed E-state index contributed by atoms with van der Waals surface area (Å²) in [5.74, 6) is 1.05. The lowest BCUT2D eigenvalue weighted by molar-refractivity contribution is 0.413. The van der Waals surface area contributed by atoms with E-state index in [-0.39, 0.29) is 11.7 Å². The van der Waals surface area contributed by atoms with Crippen molar-refractivity contribution in [3.63, 3.8) is 0 Å². The molecule has 0 saturated carbocycles. The maximum atomic E-state index is 13.6. The second-order valence-corrected chi connectivity index (χ2v) is 5.15. The third kappa shape index (κ3) is 2.45. The Labute approximate surface area is 130 Å². The van der Waals surface area contributed by atoms with E-state index in [1.807, 2.05) is 0 Å². The molecular formula is C15H11Cl2FN2O. The molecule has 21 heavy (non-hydrogen) atoms. The number of nitrogens with zero attached hydrogens (tertiary/aromatic N) is 2. The SMILES string of the molecule is COc1ccc(Cl)cc1-n1c(CCl)nc2ccc(F)cc21. The smallest absolute Gasteiger partial charge is 0.143 e. The first-order valence-electron chi connectivity index (χ1n) is 6.21. The second kappa shape index (κ2) is 5.54. The first-order chi connectivity index (χ1) is 10.1. The average molecular weight is 325 g/mol. The van der Waals surface area contributed by atoms with Crippen molar-refractivity contribution in [2.75, 3.05) is 7.11 Å². The zero-order chi connectivity index (χ0) is 15.0. The van der Waals surface area contributed by atoms with E-state index < -0.39 is 0 Å². The molecule has 0 fully saturated rings. The molecule has 0 atom stereocenters. The van der Waals surface area contributed by atoms with Gasteiger partial charge in [0.2, 0.25) is 0 Å². The van der Waals surface area contributed by atoms with Crippen LogP contribution in [0.5, 0.6) is 5.75 Å². The number of aromatic nitrogens is 2. The van der Waals surface area contributed by atoms with Gasteiger partial charge in [-0.3, -0.25) is 4.57 Å². The molecule has 0 radical (unpaired) electrons. The molecule has 1 heterocycles. The van der Waals surface area contributed by atoms with Gasteiger partial charge in [-0.25, -0.2) is 9.37 Å². The van der Waals surface area contributed by atoms with Gasteiger partial charge in [0.05, 0.1) is 29.7 Å². The summed E-state index contributed by atoms with van der Waals surface area (Å²) in [5, 5.41) is 0.546. The van der Waals surface area contributed by atoms with E-state index in [1.54, 1.807) is 35.9 Å². The Morgan fingerprint density at radius 1 is 1.24 bits per heavy atom. The summed E-state index contributed by atoms with van der Waals surface area (Å²) >= 11 is 12.0. The van der Waals surface area contributed by atoms with Crippen molar-refractivity contribution in [1.29, 1.82) is 0 Å². The van der Waals surface area contributed by atoms with Crippen LogP contribution in [0.2, 0.25) is 5.02 Å². The molecule has 0 unspecified atom stereocenters. The van der Waals surface area contributed by atoms with E-state index in [4.69, 9.17) is 27.9 Å². The first kappa shape index (κ1) is 14.2. The van der Waals surface area contributed by atoms with Gasteiger partial charge in [-0.1, -0.05) is 11.6 Å². The number of halogens is 3. The molecule has 0 bridgehead atoms. The summed E-state index contributed by atoms with van der Waals surface area (Å²) < 4.78 is 20.7. The van der Waals surface area contributed by atoms with Gasteiger partial charge >= 0.3 is 0 Å². The third-order valence-corrected chi connectivity index (χ3v) is 3.66. The van der Waals surface area contributed by atoms with E-state index in [2.05, 4.69) is 4.98 Å². The van der Waals surface area contributed by atoms with E-state index in [9.17, 15) is 4.39 Å². The topological polar surface area (TPSA) is 27.1 Å². The third-order valence-electron chi connectivity index (χ3n) is 3.19. The minimum Gasteiger partial charge on any atom is -0.495 e. The standard InChI is InChI=1S/C15H11Cl2FN2O/c1-21-14-5-2-9(17)6-13(14)20-12-7-10(18)3-4-11(12)19-15(20)8-16/h2-7H,8H2,1H3. The molecule has 3 nitrogen and oxygen atoms in total. The van der Waals surface area contributed by atoms with Crippen LogP contribution in [0, 0.1) is 5.82 Å². The second-order valence-electron chi connectivity index (χ2n) is 4.45. The van der Waals surface area contributed by atoms with E-state index in [0.29, 0.717) is 33.3 Å². The molecule has 6 heteroatoms. The Hall–Kier alpha value is -1.78. The lowest BCUT2D eigenvalue weighted by Crippen LogP contribution is -2.02. The molecule has 3 aromatic rings. The van der Waals surface area contributed by atoms with Crippen LogP contribution in [-0.2, 0) is 5.88 Å². The van der Waals surface area contributed by atoms with Gasteiger partial charge in [0.25, 0.3) is 0 Å². The Balaban J connectivity index is 2.38. The number of ether oxygens (including phenoxy) is 1. The lowest BCUT2D eigenvalue weighted by atomic mass is 10.2. The van der Waals surface area contributed by atoms with Crippen LogP contribution in [0.25, 0.3) is 16.7 Å². The molecule has 3 rings (SSSR count). The van der Waals surface area contributed by atoms with Crippen molar-refractivity contribution in [3.05, 3.63) is 53.1 Å². The summed E-state index contributed by atoms with van der Waals surface area (Å²) in [6.45, 7) is 0. The van der Waals surface area contributed by atoms with Crippen LogP contribution in [0.15, 0.2) is 36.4 Å². The summed E-state index contributed by atoms with van der Waals surface area (Å²) in [5.41, 5.74) is 1.95. The molecule has 0 N–H and O–H groups in total. The Kier molecular flexibility index (Phi) is 3.74. The highest BCUT2D eigenvalue weighted by atomic mass is 35.5. The van der Waals surface area contributed by atoms with Crippen molar-refractivity contribution in [1.82, 2.24) is 9.55 Å². The average Bonchev–Trinajstić information content (AvgIpc) is 2.84. The molecule has 2 aromatic carbocycles. The van der Waals surface area contributed by atoms with Crippen molar-refractivity contribution in [2.24, 2.45) is 0 Å². The molecule has 0 saturated heterocycles. The number of alkyl halides is 1. The normalized spacial score (nSPS) is 11.0. The predicted octanol–water partition coefficient (Wildman–Crippen LogP) is 4.57. The van der Waals surface area contributed by atoms with Crippen LogP contribution in [0.1, 0.15) is 5.82 Å². The van der Waals surface area contributed by atoms with Gasteiger partial charge in [-0.05, 0) is 30.3 Å². The molecular weight excluding hydrogens is 314 g/mol. The maximum absolute atomic E-state index is 13.6. The molecule has 0 aliphatic rings. The molecule has 1 aromatic heterocycles. The van der Waals surface area contributed by atoms with Crippen LogP contribution in [-0.4, -0.2) is 16.7 Å². The number of hydrogen-bond donors (Lipinski definition) is 0. The number of methoxy groups -OCH3 is 1. The van der Waals surface area contributed by atoms with Crippen LogP contribution in [0.4, 0.5) is 4.39 Å². The highest BCUT2D eigenvalue weighted by Gasteiger charge is 2.16. The van der Waals surface area contributed by atoms with Crippen molar-refractivity contribution >= 4 is 34.2 Å². The van der Waals surface area contributed by atoms with Crippen LogP contribution >= 0.6 is 23.2 Å². The number of hydrogen-bond acceptors (Lipinski definition) is 2. The van der Waals surface area contributed by atoms with E-state index in [1.165, 1.54) is 12.1 Å². The molecule has 0 amide bonds. The monoisotopic (exact) mass is 324 g/mol. The number of fused-ring (bicyclic) bond motifs is 1. The summed E-state index contributed by atoms with van der Waals surface area (Å²) in [4.78, 5) is 4.42. The van der Waals surface area contributed by atoms with Gasteiger partial charge in [-0.2, -0.15) is 0 Å². The van der Waals surface area contributed by atoms with Gasteiger partial charge < -0.3 is 4.74 Å². The van der Waals surface area contributed by atoms with E-state index >= 15 is 0 Å². The fourth-order valence-electron chi connectivity index (χ4n) is 2.29. The maximum Gasteiger partial charge on any atom is 0.143 e. The lowest BCUT2D eigenvalue weighted by Gasteiger charge is -2.13. The largest absolute Gasteiger partial charge is 0.495 e. The Bertz CT molecular complexity index is 817. The number of rotatable bonds is 3. The number of imidazole rings is 1. The van der Waals surface area contributed by atoms with Crippen molar-refractivity contribution in [3.8, 4) is 11.4 Å². The summed E-state index contributed by atoms with van der Waals surface area (Å²) in [7, 11) is 1.56. The minimum absolute atomic E-state index is 0.186. The molecule has 0 spiro atoms. The quantitative estimate of drug-likeness (QED) is 0.660. The van der Waals surface area contributed by atoms with Crippen molar-refractivity contribution in [2.45, 2.75) is 5.88 Å². The van der Waals surface area contributed by atoms with Gasteiger partial charge in [0.15, 0.2) is 0 Å².